The Hall–Kier alpha value is -1.32. The summed E-state index contributed by atoms with van der Waals surface area (Å²) in [6, 6.07) is 0. The van der Waals surface area contributed by atoms with Gasteiger partial charge < -0.3 is 5.11 Å². The van der Waals surface area contributed by atoms with Crippen LogP contribution in [-0.2, 0) is 24.3 Å². The van der Waals surface area contributed by atoms with Crippen LogP contribution in [0.5, 0.6) is 0 Å². The van der Waals surface area contributed by atoms with E-state index in [0.717, 1.165) is 19.5 Å². The molecule has 0 aromatic carbocycles. The summed E-state index contributed by atoms with van der Waals surface area (Å²) in [7, 11) is 0. The van der Waals surface area contributed by atoms with Crippen molar-refractivity contribution in [1.82, 2.24) is 4.57 Å². The van der Waals surface area contributed by atoms with Gasteiger partial charge in [0.2, 0.25) is 0 Å². The molecule has 0 unspecified atom stereocenters. The number of aromatic nitrogens is 2. The maximum atomic E-state index is 10.7. The van der Waals surface area contributed by atoms with Gasteiger partial charge in [-0.3, -0.25) is 4.79 Å². The van der Waals surface area contributed by atoms with Gasteiger partial charge in [0, 0.05) is 12.8 Å². The van der Waals surface area contributed by atoms with Crippen LogP contribution in [0, 0.1) is 0 Å². The van der Waals surface area contributed by atoms with Crippen LogP contribution < -0.4 is 4.57 Å². The van der Waals surface area contributed by atoms with Gasteiger partial charge in [0.05, 0.1) is 13.1 Å². The maximum absolute atomic E-state index is 10.7. The number of rotatable bonds is 15. The largest absolute Gasteiger partial charge is 0.481 e. The standard InChI is InChI=1S/C20H36N2O2/c1-3-5-6-7-8-9-10-11-12-14-19-21(4-2)17-18-22(19)16-13-15-20(23)24/h17-18H,3-16H2,1-2H3/p+1. The smallest absolute Gasteiger partial charge is 0.303 e. The first kappa shape index (κ1) is 20.7. The Kier molecular flexibility index (Phi) is 11.2. The second-order valence-electron chi connectivity index (χ2n) is 6.77. The predicted octanol–water partition coefficient (Wildman–Crippen LogP) is 4.73. The fourth-order valence-corrected chi connectivity index (χ4v) is 3.27. The summed E-state index contributed by atoms with van der Waals surface area (Å²) in [5.41, 5.74) is 0. The van der Waals surface area contributed by atoms with Gasteiger partial charge in [-0.05, 0) is 19.8 Å². The first-order chi connectivity index (χ1) is 11.7. The molecule has 1 rings (SSSR count). The SMILES string of the molecule is CCCCCCCCCCCc1n(CC)cc[n+]1CCCC(=O)O. The lowest BCUT2D eigenvalue weighted by molar-refractivity contribution is -0.704. The molecule has 0 amide bonds. The highest BCUT2D eigenvalue weighted by Gasteiger charge is 2.15. The Morgan fingerprint density at radius 2 is 1.62 bits per heavy atom. The van der Waals surface area contributed by atoms with Crippen LogP contribution in [0.3, 0.4) is 0 Å². The van der Waals surface area contributed by atoms with Gasteiger partial charge in [-0.2, -0.15) is 0 Å². The molecule has 1 aromatic heterocycles. The fourth-order valence-electron chi connectivity index (χ4n) is 3.27. The average molecular weight is 338 g/mol. The van der Waals surface area contributed by atoms with Crippen LogP contribution in [0.1, 0.15) is 90.3 Å². The fraction of sp³-hybridized carbons (Fsp3) is 0.800. The molecular weight excluding hydrogens is 300 g/mol. The highest BCUT2D eigenvalue weighted by Crippen LogP contribution is 2.11. The van der Waals surface area contributed by atoms with Gasteiger partial charge in [0.25, 0.3) is 5.82 Å². The van der Waals surface area contributed by atoms with Gasteiger partial charge in [0.1, 0.15) is 12.4 Å². The Morgan fingerprint density at radius 1 is 1.00 bits per heavy atom. The van der Waals surface area contributed by atoms with Crippen molar-refractivity contribution in [2.75, 3.05) is 0 Å². The van der Waals surface area contributed by atoms with Crippen molar-refractivity contribution in [1.29, 1.82) is 0 Å². The molecule has 0 spiro atoms. The first-order valence-electron chi connectivity index (χ1n) is 9.98. The first-order valence-corrected chi connectivity index (χ1v) is 9.98. The summed E-state index contributed by atoms with van der Waals surface area (Å²) in [5.74, 6) is 0.650. The summed E-state index contributed by atoms with van der Waals surface area (Å²) in [4.78, 5) is 10.7. The molecule has 0 atom stereocenters. The topological polar surface area (TPSA) is 46.1 Å². The minimum Gasteiger partial charge on any atom is -0.481 e. The van der Waals surface area contributed by atoms with Crippen molar-refractivity contribution >= 4 is 5.97 Å². The number of hydrogen-bond donors (Lipinski definition) is 1. The van der Waals surface area contributed by atoms with Crippen molar-refractivity contribution in [2.45, 2.75) is 104 Å². The van der Waals surface area contributed by atoms with E-state index in [4.69, 9.17) is 5.11 Å². The zero-order chi connectivity index (χ0) is 17.6. The van der Waals surface area contributed by atoms with E-state index in [1.807, 2.05) is 0 Å². The van der Waals surface area contributed by atoms with Gasteiger partial charge in [0.15, 0.2) is 0 Å². The molecule has 4 heteroatoms. The average Bonchev–Trinajstić information content (AvgIpc) is 2.95. The normalized spacial score (nSPS) is 11.1. The van der Waals surface area contributed by atoms with E-state index in [1.165, 1.54) is 63.6 Å². The van der Waals surface area contributed by atoms with Crippen LogP contribution in [0.15, 0.2) is 12.4 Å². The lowest BCUT2D eigenvalue weighted by Gasteiger charge is -2.05. The van der Waals surface area contributed by atoms with Gasteiger partial charge in [-0.1, -0.05) is 58.3 Å². The number of aliphatic carboxylic acids is 1. The van der Waals surface area contributed by atoms with Crippen molar-refractivity contribution in [3.8, 4) is 0 Å². The van der Waals surface area contributed by atoms with Crippen LogP contribution in [0.4, 0.5) is 0 Å². The van der Waals surface area contributed by atoms with E-state index in [1.54, 1.807) is 0 Å². The number of imidazole rings is 1. The number of aryl methyl sites for hydroxylation is 2. The van der Waals surface area contributed by atoms with Gasteiger partial charge >= 0.3 is 5.97 Å². The molecule has 0 aliphatic carbocycles. The summed E-state index contributed by atoms with van der Waals surface area (Å²) < 4.78 is 4.54. The van der Waals surface area contributed by atoms with Crippen molar-refractivity contribution in [2.24, 2.45) is 0 Å². The lowest BCUT2D eigenvalue weighted by atomic mass is 10.1. The predicted molar refractivity (Wildman–Crippen MR) is 98.1 cm³/mol. The van der Waals surface area contributed by atoms with Crippen LogP contribution in [0.2, 0.25) is 0 Å². The zero-order valence-corrected chi connectivity index (χ0v) is 15.8. The summed E-state index contributed by atoms with van der Waals surface area (Å²) in [6.45, 7) is 6.23. The van der Waals surface area contributed by atoms with E-state index >= 15 is 0 Å². The summed E-state index contributed by atoms with van der Waals surface area (Å²) >= 11 is 0. The molecule has 138 valence electrons. The highest BCUT2D eigenvalue weighted by atomic mass is 16.4. The molecule has 24 heavy (non-hydrogen) atoms. The molecule has 0 fully saturated rings. The molecule has 1 heterocycles. The number of nitrogens with zero attached hydrogens (tertiary/aromatic N) is 2. The van der Waals surface area contributed by atoms with E-state index in [9.17, 15) is 4.79 Å². The minimum absolute atomic E-state index is 0.252. The molecule has 0 aliphatic heterocycles. The maximum Gasteiger partial charge on any atom is 0.303 e. The summed E-state index contributed by atoms with van der Waals surface area (Å²) in [6.07, 6.45) is 18.4. The Balaban J connectivity index is 2.25. The third kappa shape index (κ3) is 8.51. The van der Waals surface area contributed by atoms with Crippen LogP contribution >= 0.6 is 0 Å². The molecule has 0 saturated heterocycles. The van der Waals surface area contributed by atoms with Gasteiger partial charge in [-0.15, -0.1) is 0 Å². The molecule has 0 radical (unpaired) electrons. The monoisotopic (exact) mass is 337 g/mol. The molecule has 0 saturated carbocycles. The quantitative estimate of drug-likeness (QED) is 0.371. The lowest BCUT2D eigenvalue weighted by Crippen LogP contribution is -2.37. The molecule has 0 bridgehead atoms. The molecule has 4 nitrogen and oxygen atoms in total. The zero-order valence-electron chi connectivity index (χ0n) is 15.8. The van der Waals surface area contributed by atoms with E-state index in [0.29, 0.717) is 6.42 Å². The van der Waals surface area contributed by atoms with Crippen LogP contribution in [0.25, 0.3) is 0 Å². The van der Waals surface area contributed by atoms with Gasteiger partial charge in [-0.25, -0.2) is 9.13 Å². The number of carboxylic acids is 1. The van der Waals surface area contributed by atoms with Crippen molar-refractivity contribution in [3.05, 3.63) is 18.2 Å². The second-order valence-corrected chi connectivity index (χ2v) is 6.77. The third-order valence-corrected chi connectivity index (χ3v) is 4.72. The van der Waals surface area contributed by atoms with E-state index < -0.39 is 5.97 Å². The van der Waals surface area contributed by atoms with Crippen molar-refractivity contribution in [3.63, 3.8) is 0 Å². The molecule has 1 N–H and O–H groups in total. The number of carbonyl (C=O) groups is 1. The Morgan fingerprint density at radius 3 is 2.21 bits per heavy atom. The van der Waals surface area contributed by atoms with E-state index in [-0.39, 0.29) is 6.42 Å². The number of unbranched alkanes of at least 4 members (excludes halogenated alkanes) is 8. The Bertz CT molecular complexity index is 454. The Labute approximate surface area is 147 Å². The highest BCUT2D eigenvalue weighted by molar-refractivity contribution is 5.66. The van der Waals surface area contributed by atoms with Crippen LogP contribution in [-0.4, -0.2) is 15.6 Å². The molecular formula is C20H37N2O2+. The van der Waals surface area contributed by atoms with Crippen molar-refractivity contribution < 1.29 is 14.5 Å². The summed E-state index contributed by atoms with van der Waals surface area (Å²) in [5, 5.41) is 8.79. The second kappa shape index (κ2) is 13.0. The molecule has 1 aromatic rings. The molecule has 0 aliphatic rings. The third-order valence-electron chi connectivity index (χ3n) is 4.72. The minimum atomic E-state index is -0.703. The number of carboxylic acid groups (broad SMARTS) is 1. The number of hydrogen-bond acceptors (Lipinski definition) is 1. The van der Waals surface area contributed by atoms with E-state index in [2.05, 4.69) is 35.4 Å².